The Morgan fingerprint density at radius 1 is 1.08 bits per heavy atom. The maximum atomic E-state index is 12.5. The van der Waals surface area contributed by atoms with E-state index in [4.69, 9.17) is 5.26 Å². The largest absolute Gasteiger partial charge is 0.322 e. The standard InChI is InChI=1S/C21H24N4O/c1-17(21(26)23-20-9-7-18(15-22)8-10-20)25-13-11-24(12-14-25)16-19-5-3-2-4-6-19/h2-10,17H,11-14,16H2,1H3,(H,23,26)/p+2/t17-/m1/s1. The van der Waals surface area contributed by atoms with Crippen LogP contribution in [0.5, 0.6) is 0 Å². The number of carbonyl (C=O) groups is 1. The maximum Gasteiger partial charge on any atom is 0.282 e. The van der Waals surface area contributed by atoms with Crippen LogP contribution in [-0.2, 0) is 11.3 Å². The van der Waals surface area contributed by atoms with Crippen LogP contribution in [0.1, 0.15) is 18.1 Å². The summed E-state index contributed by atoms with van der Waals surface area (Å²) < 4.78 is 0. The Kier molecular flexibility index (Phi) is 6.00. The number of piperazine rings is 1. The smallest absolute Gasteiger partial charge is 0.282 e. The Bertz CT molecular complexity index is 759. The van der Waals surface area contributed by atoms with Crippen LogP contribution in [0.15, 0.2) is 54.6 Å². The third-order valence-corrected chi connectivity index (χ3v) is 5.18. The van der Waals surface area contributed by atoms with E-state index >= 15 is 0 Å². The third-order valence-electron chi connectivity index (χ3n) is 5.18. The van der Waals surface area contributed by atoms with E-state index in [9.17, 15) is 4.79 Å². The number of benzene rings is 2. The number of nitrogens with zero attached hydrogens (tertiary/aromatic N) is 1. The number of amides is 1. The van der Waals surface area contributed by atoms with Gasteiger partial charge in [-0.1, -0.05) is 30.3 Å². The summed E-state index contributed by atoms with van der Waals surface area (Å²) >= 11 is 0. The monoisotopic (exact) mass is 350 g/mol. The van der Waals surface area contributed by atoms with Crippen molar-refractivity contribution in [2.24, 2.45) is 0 Å². The third kappa shape index (κ3) is 4.69. The molecule has 134 valence electrons. The zero-order chi connectivity index (χ0) is 18.4. The summed E-state index contributed by atoms with van der Waals surface area (Å²) in [6.45, 7) is 7.22. The van der Waals surface area contributed by atoms with Crippen LogP contribution in [0.2, 0.25) is 0 Å². The second-order valence-electron chi connectivity index (χ2n) is 6.97. The van der Waals surface area contributed by atoms with Crippen LogP contribution in [-0.4, -0.2) is 38.1 Å². The van der Waals surface area contributed by atoms with Crippen molar-refractivity contribution in [3.63, 3.8) is 0 Å². The fraction of sp³-hybridized carbons (Fsp3) is 0.333. The lowest BCUT2D eigenvalue weighted by Crippen LogP contribution is -3.29. The average molecular weight is 350 g/mol. The quantitative estimate of drug-likeness (QED) is 0.703. The number of hydrogen-bond donors (Lipinski definition) is 3. The lowest BCUT2D eigenvalue weighted by atomic mass is 10.1. The second kappa shape index (κ2) is 8.61. The van der Waals surface area contributed by atoms with E-state index in [0.717, 1.165) is 38.4 Å². The predicted octanol–water partition coefficient (Wildman–Crippen LogP) is -0.131. The number of hydrogen-bond acceptors (Lipinski definition) is 2. The molecular weight excluding hydrogens is 324 g/mol. The van der Waals surface area contributed by atoms with Gasteiger partial charge in [0.1, 0.15) is 32.7 Å². The minimum absolute atomic E-state index is 0.0382. The van der Waals surface area contributed by atoms with Gasteiger partial charge in [-0.3, -0.25) is 4.79 Å². The molecule has 1 fully saturated rings. The molecule has 0 bridgehead atoms. The zero-order valence-corrected chi connectivity index (χ0v) is 15.2. The molecular formula is C21H26N4O+2. The molecule has 2 aromatic rings. The number of quaternary nitrogens is 2. The Morgan fingerprint density at radius 3 is 2.35 bits per heavy atom. The van der Waals surface area contributed by atoms with Crippen LogP contribution >= 0.6 is 0 Å². The first-order valence-electron chi connectivity index (χ1n) is 9.19. The summed E-state index contributed by atoms with van der Waals surface area (Å²) in [5.41, 5.74) is 2.71. The molecule has 0 saturated carbocycles. The molecule has 1 aliphatic rings. The van der Waals surface area contributed by atoms with Crippen LogP contribution in [0.25, 0.3) is 0 Å². The van der Waals surface area contributed by atoms with Gasteiger partial charge in [0.05, 0.1) is 11.6 Å². The van der Waals surface area contributed by atoms with Crippen molar-refractivity contribution in [2.45, 2.75) is 19.5 Å². The molecule has 2 aromatic carbocycles. The molecule has 0 unspecified atom stereocenters. The Balaban J connectivity index is 1.48. The van der Waals surface area contributed by atoms with Gasteiger partial charge < -0.3 is 15.1 Å². The van der Waals surface area contributed by atoms with Gasteiger partial charge in [-0.05, 0) is 31.2 Å². The Morgan fingerprint density at radius 2 is 1.73 bits per heavy atom. The van der Waals surface area contributed by atoms with Crippen LogP contribution < -0.4 is 15.1 Å². The predicted molar refractivity (Wildman–Crippen MR) is 101 cm³/mol. The van der Waals surface area contributed by atoms with E-state index in [1.54, 1.807) is 29.2 Å². The molecule has 26 heavy (non-hydrogen) atoms. The van der Waals surface area contributed by atoms with Crippen molar-refractivity contribution in [1.82, 2.24) is 0 Å². The number of anilines is 1. The van der Waals surface area contributed by atoms with Crippen molar-refractivity contribution in [3.8, 4) is 6.07 Å². The van der Waals surface area contributed by atoms with E-state index in [0.29, 0.717) is 5.56 Å². The van der Waals surface area contributed by atoms with Gasteiger partial charge in [-0.15, -0.1) is 0 Å². The SMILES string of the molecule is C[C@H](C(=O)Nc1ccc(C#N)cc1)[NH+]1CC[NH+](Cc2ccccc2)CC1. The highest BCUT2D eigenvalue weighted by Gasteiger charge is 2.31. The van der Waals surface area contributed by atoms with Crippen molar-refractivity contribution in [1.29, 1.82) is 5.26 Å². The van der Waals surface area contributed by atoms with E-state index < -0.39 is 0 Å². The van der Waals surface area contributed by atoms with Gasteiger partial charge in [-0.25, -0.2) is 0 Å². The second-order valence-corrected chi connectivity index (χ2v) is 6.97. The van der Waals surface area contributed by atoms with Crippen LogP contribution in [0.3, 0.4) is 0 Å². The summed E-state index contributed by atoms with van der Waals surface area (Å²) in [5, 5.41) is 11.8. The van der Waals surface area contributed by atoms with Crippen LogP contribution in [0.4, 0.5) is 5.69 Å². The van der Waals surface area contributed by atoms with Crippen molar-refractivity contribution < 1.29 is 14.6 Å². The topological polar surface area (TPSA) is 61.8 Å². The molecule has 0 aromatic heterocycles. The number of nitrogens with one attached hydrogen (secondary N) is 3. The molecule has 1 amide bonds. The van der Waals surface area contributed by atoms with Crippen molar-refractivity contribution in [2.75, 3.05) is 31.5 Å². The molecule has 0 aliphatic carbocycles. The lowest BCUT2D eigenvalue weighted by molar-refractivity contribution is -1.02. The molecule has 0 spiro atoms. The molecule has 5 heteroatoms. The summed E-state index contributed by atoms with van der Waals surface area (Å²) in [5.74, 6) is 0.0382. The molecule has 1 aliphatic heterocycles. The first-order chi connectivity index (χ1) is 12.7. The normalized spacial score (nSPS) is 20.8. The van der Waals surface area contributed by atoms with Gasteiger partial charge in [0.15, 0.2) is 6.04 Å². The van der Waals surface area contributed by atoms with Gasteiger partial charge in [-0.2, -0.15) is 5.26 Å². The average Bonchev–Trinajstić information content (AvgIpc) is 2.69. The number of carbonyl (C=O) groups excluding carboxylic acids is 1. The maximum absolute atomic E-state index is 12.5. The summed E-state index contributed by atoms with van der Waals surface area (Å²) in [6.07, 6.45) is 0. The van der Waals surface area contributed by atoms with Gasteiger partial charge in [0.2, 0.25) is 0 Å². The first kappa shape index (κ1) is 18.1. The molecule has 1 atom stereocenters. The highest BCUT2D eigenvalue weighted by atomic mass is 16.2. The van der Waals surface area contributed by atoms with Gasteiger partial charge >= 0.3 is 0 Å². The molecule has 3 rings (SSSR count). The molecule has 5 nitrogen and oxygen atoms in total. The van der Waals surface area contributed by atoms with Crippen LogP contribution in [0, 0.1) is 11.3 Å². The van der Waals surface area contributed by atoms with Crippen molar-refractivity contribution in [3.05, 3.63) is 65.7 Å². The molecule has 0 radical (unpaired) electrons. The fourth-order valence-electron chi connectivity index (χ4n) is 3.48. The number of nitriles is 1. The van der Waals surface area contributed by atoms with Gasteiger partial charge in [0, 0.05) is 11.3 Å². The van der Waals surface area contributed by atoms with E-state index in [1.807, 2.05) is 6.92 Å². The minimum atomic E-state index is -0.0797. The Hall–Kier alpha value is -2.68. The fourth-order valence-corrected chi connectivity index (χ4v) is 3.48. The van der Waals surface area contributed by atoms with Gasteiger partial charge in [0.25, 0.3) is 5.91 Å². The highest BCUT2D eigenvalue weighted by molar-refractivity contribution is 5.93. The van der Waals surface area contributed by atoms with E-state index in [-0.39, 0.29) is 11.9 Å². The molecule has 1 heterocycles. The zero-order valence-electron chi connectivity index (χ0n) is 15.2. The Labute approximate surface area is 154 Å². The highest BCUT2D eigenvalue weighted by Crippen LogP contribution is 2.08. The molecule has 3 N–H and O–H groups in total. The van der Waals surface area contributed by atoms with E-state index in [1.165, 1.54) is 10.5 Å². The summed E-state index contributed by atoms with van der Waals surface area (Å²) in [4.78, 5) is 15.5. The first-order valence-corrected chi connectivity index (χ1v) is 9.19. The minimum Gasteiger partial charge on any atom is -0.322 e. The summed E-state index contributed by atoms with van der Waals surface area (Å²) in [7, 11) is 0. The lowest BCUT2D eigenvalue weighted by Gasteiger charge is -2.32. The molecule has 1 saturated heterocycles. The van der Waals surface area contributed by atoms with E-state index in [2.05, 4.69) is 41.7 Å². The number of rotatable bonds is 5. The summed E-state index contributed by atoms with van der Waals surface area (Å²) in [6, 6.07) is 19.6. The van der Waals surface area contributed by atoms with Crippen molar-refractivity contribution >= 4 is 11.6 Å².